The normalized spacial score (nSPS) is 30.6. The van der Waals surface area contributed by atoms with E-state index in [0.29, 0.717) is 17.8 Å². The molecule has 0 amide bonds. The third-order valence-corrected chi connectivity index (χ3v) is 8.21. The van der Waals surface area contributed by atoms with Crippen LogP contribution in [0.5, 0.6) is 0 Å². The standard InChI is InChI=1S/C26H27F3N4O/c1-14-8-18(4-6-30-14)21-9-17(5-7-34-21)19-10-20-22(32-16(3)15(2)31-20)23(33-19)24-11-25(12-24,13-24)26(27,28)29/h4,6,8,10,17,21H,5,7,9,11-13H2,1-3H3/t17-,21+,24-,25-/m0/s1. The zero-order valence-corrected chi connectivity index (χ0v) is 19.5. The van der Waals surface area contributed by atoms with Crippen LogP contribution in [-0.4, -0.2) is 32.7 Å². The SMILES string of the molecule is Cc1cc([C@H]2C[C@@H](c3cc4nc(C)c(C)nc4c([C@]45C[C@@](C(F)(F)F)(C4)C5)n3)CCO2)ccn1. The summed E-state index contributed by atoms with van der Waals surface area (Å²) in [6, 6.07) is 6.02. The lowest BCUT2D eigenvalue weighted by Gasteiger charge is -2.70. The summed E-state index contributed by atoms with van der Waals surface area (Å²) in [5.41, 5.74) is 4.59. The number of aromatic nitrogens is 4. The highest BCUT2D eigenvalue weighted by Crippen LogP contribution is 2.78. The molecule has 0 spiro atoms. The lowest BCUT2D eigenvalue weighted by molar-refractivity contribution is -0.337. The Morgan fingerprint density at radius 1 is 1.00 bits per heavy atom. The predicted molar refractivity (Wildman–Crippen MR) is 120 cm³/mol. The Bertz CT molecular complexity index is 1290. The minimum Gasteiger partial charge on any atom is -0.373 e. The van der Waals surface area contributed by atoms with Gasteiger partial charge in [0.05, 0.1) is 34.1 Å². The lowest BCUT2D eigenvalue weighted by atomic mass is 9.34. The van der Waals surface area contributed by atoms with Crippen molar-refractivity contribution in [2.75, 3.05) is 6.61 Å². The van der Waals surface area contributed by atoms with E-state index in [0.717, 1.165) is 46.7 Å². The zero-order chi connectivity index (χ0) is 23.9. The van der Waals surface area contributed by atoms with Crippen LogP contribution in [0.25, 0.3) is 11.0 Å². The van der Waals surface area contributed by atoms with Crippen LogP contribution in [0.15, 0.2) is 24.4 Å². The maximum atomic E-state index is 13.6. The third kappa shape index (κ3) is 3.17. The highest BCUT2D eigenvalue weighted by molar-refractivity contribution is 5.79. The van der Waals surface area contributed by atoms with Crippen LogP contribution >= 0.6 is 0 Å². The summed E-state index contributed by atoms with van der Waals surface area (Å²) in [5.74, 6) is 0.141. The molecular formula is C26H27F3N4O. The number of hydrogen-bond acceptors (Lipinski definition) is 5. The van der Waals surface area contributed by atoms with Gasteiger partial charge in [0, 0.05) is 35.5 Å². The van der Waals surface area contributed by atoms with E-state index in [-0.39, 0.29) is 31.3 Å². The van der Waals surface area contributed by atoms with E-state index in [9.17, 15) is 13.2 Å². The van der Waals surface area contributed by atoms with Gasteiger partial charge in [-0.15, -0.1) is 0 Å². The topological polar surface area (TPSA) is 60.8 Å². The molecule has 3 saturated carbocycles. The van der Waals surface area contributed by atoms with Gasteiger partial charge in [0.15, 0.2) is 0 Å². The first-order chi connectivity index (χ1) is 16.1. The van der Waals surface area contributed by atoms with Gasteiger partial charge in [-0.25, -0.2) is 9.97 Å². The molecule has 8 heteroatoms. The molecule has 0 unspecified atom stereocenters. The Balaban J connectivity index is 1.39. The summed E-state index contributed by atoms with van der Waals surface area (Å²) in [6.07, 6.45) is -0.518. The Kier molecular flexibility index (Phi) is 4.63. The van der Waals surface area contributed by atoms with Crippen LogP contribution in [0.2, 0.25) is 0 Å². The molecule has 0 aromatic carbocycles. The maximum absolute atomic E-state index is 13.6. The number of ether oxygens (including phenoxy) is 1. The molecule has 178 valence electrons. The van der Waals surface area contributed by atoms with Crippen LogP contribution in [0.1, 0.15) is 78.2 Å². The second-order valence-electron chi connectivity index (χ2n) is 10.6. The fourth-order valence-electron chi connectivity index (χ4n) is 6.23. The molecule has 5 nitrogen and oxygen atoms in total. The number of nitrogens with zero attached hydrogens (tertiary/aromatic N) is 4. The number of aryl methyl sites for hydroxylation is 3. The molecule has 2 atom stereocenters. The van der Waals surface area contributed by atoms with Gasteiger partial charge in [-0.2, -0.15) is 13.2 Å². The van der Waals surface area contributed by atoms with Crippen molar-refractivity contribution in [1.82, 2.24) is 19.9 Å². The van der Waals surface area contributed by atoms with Crippen LogP contribution in [0.3, 0.4) is 0 Å². The van der Waals surface area contributed by atoms with E-state index in [1.165, 1.54) is 0 Å². The van der Waals surface area contributed by atoms with Gasteiger partial charge in [-0.05, 0) is 76.6 Å². The van der Waals surface area contributed by atoms with Crippen LogP contribution < -0.4 is 0 Å². The molecule has 2 bridgehead atoms. The van der Waals surface area contributed by atoms with Crippen molar-refractivity contribution in [3.8, 4) is 0 Å². The Morgan fingerprint density at radius 2 is 1.74 bits per heavy atom. The summed E-state index contributed by atoms with van der Waals surface area (Å²) >= 11 is 0. The minimum atomic E-state index is -4.16. The number of fused-ring (bicyclic) bond motifs is 1. The second-order valence-corrected chi connectivity index (χ2v) is 10.6. The first-order valence-corrected chi connectivity index (χ1v) is 11.9. The van der Waals surface area contributed by atoms with Crippen molar-refractivity contribution < 1.29 is 17.9 Å². The first-order valence-electron chi connectivity index (χ1n) is 11.9. The first kappa shape index (κ1) is 21.9. The Hall–Kier alpha value is -2.61. The van der Waals surface area contributed by atoms with Crippen LogP contribution in [0.4, 0.5) is 13.2 Å². The van der Waals surface area contributed by atoms with Gasteiger partial charge < -0.3 is 4.74 Å². The van der Waals surface area contributed by atoms with Crippen molar-refractivity contribution in [3.63, 3.8) is 0 Å². The molecule has 1 aliphatic heterocycles. The molecule has 4 heterocycles. The average Bonchev–Trinajstić information content (AvgIpc) is 2.72. The number of alkyl halides is 3. The lowest BCUT2D eigenvalue weighted by Crippen LogP contribution is -2.70. The van der Waals surface area contributed by atoms with E-state index in [4.69, 9.17) is 19.7 Å². The van der Waals surface area contributed by atoms with Gasteiger partial charge in [-0.1, -0.05) is 0 Å². The fraction of sp³-hybridized carbons (Fsp3) is 0.538. The van der Waals surface area contributed by atoms with Crippen molar-refractivity contribution in [1.29, 1.82) is 0 Å². The largest absolute Gasteiger partial charge is 0.394 e. The molecule has 3 aromatic heterocycles. The summed E-state index contributed by atoms with van der Waals surface area (Å²) < 4.78 is 46.8. The molecule has 1 saturated heterocycles. The molecule has 7 rings (SSSR count). The molecule has 34 heavy (non-hydrogen) atoms. The average molecular weight is 469 g/mol. The molecule has 0 N–H and O–H groups in total. The monoisotopic (exact) mass is 468 g/mol. The van der Waals surface area contributed by atoms with Gasteiger partial charge in [-0.3, -0.25) is 9.97 Å². The number of rotatable bonds is 3. The smallest absolute Gasteiger partial charge is 0.373 e. The summed E-state index contributed by atoms with van der Waals surface area (Å²) in [7, 11) is 0. The molecule has 0 radical (unpaired) electrons. The fourth-order valence-corrected chi connectivity index (χ4v) is 6.23. The molecule has 4 aliphatic rings. The van der Waals surface area contributed by atoms with Gasteiger partial charge in [0.2, 0.25) is 0 Å². The van der Waals surface area contributed by atoms with Crippen molar-refractivity contribution in [2.24, 2.45) is 5.41 Å². The van der Waals surface area contributed by atoms with E-state index in [1.54, 1.807) is 6.20 Å². The second kappa shape index (κ2) is 7.20. The number of halogens is 3. The van der Waals surface area contributed by atoms with Crippen molar-refractivity contribution in [2.45, 2.75) is 76.5 Å². The van der Waals surface area contributed by atoms with Crippen molar-refractivity contribution in [3.05, 3.63) is 58.4 Å². The molecular weight excluding hydrogens is 441 g/mol. The summed E-state index contributed by atoms with van der Waals surface area (Å²) in [6.45, 7) is 6.37. The maximum Gasteiger partial charge on any atom is 0.394 e. The number of pyridine rings is 2. The predicted octanol–water partition coefficient (Wildman–Crippen LogP) is 5.96. The van der Waals surface area contributed by atoms with Gasteiger partial charge in [0.1, 0.15) is 5.52 Å². The van der Waals surface area contributed by atoms with Crippen LogP contribution in [-0.2, 0) is 10.2 Å². The van der Waals surface area contributed by atoms with E-state index < -0.39 is 17.0 Å². The Labute approximate surface area is 196 Å². The summed E-state index contributed by atoms with van der Waals surface area (Å²) in [5, 5.41) is 0. The third-order valence-electron chi connectivity index (χ3n) is 8.21. The van der Waals surface area contributed by atoms with E-state index in [2.05, 4.69) is 4.98 Å². The molecule has 4 fully saturated rings. The molecule has 3 aromatic rings. The van der Waals surface area contributed by atoms with E-state index in [1.807, 2.05) is 39.0 Å². The molecule has 3 aliphatic carbocycles. The summed E-state index contributed by atoms with van der Waals surface area (Å²) in [4.78, 5) is 18.9. The van der Waals surface area contributed by atoms with Gasteiger partial charge in [0.25, 0.3) is 0 Å². The minimum absolute atomic E-state index is 0.0596. The van der Waals surface area contributed by atoms with Crippen molar-refractivity contribution >= 4 is 11.0 Å². The van der Waals surface area contributed by atoms with Crippen LogP contribution in [0, 0.1) is 26.2 Å². The van der Waals surface area contributed by atoms with E-state index >= 15 is 0 Å². The quantitative estimate of drug-likeness (QED) is 0.474. The number of hydrogen-bond donors (Lipinski definition) is 0. The zero-order valence-electron chi connectivity index (χ0n) is 19.5. The Morgan fingerprint density at radius 3 is 2.44 bits per heavy atom. The van der Waals surface area contributed by atoms with Gasteiger partial charge >= 0.3 is 6.18 Å². The highest BCUT2D eigenvalue weighted by atomic mass is 19.4. The highest BCUT2D eigenvalue weighted by Gasteiger charge is 2.79.